The SMILES string of the molecule is Cc1cc(C)n2nc(CC(=O)Nc3ccc4c(c3)CCN4C(=O)c3ccoc3)nc2n1. The van der Waals surface area contributed by atoms with Crippen molar-refractivity contribution in [1.82, 2.24) is 19.6 Å². The van der Waals surface area contributed by atoms with E-state index < -0.39 is 0 Å². The summed E-state index contributed by atoms with van der Waals surface area (Å²) in [7, 11) is 0. The number of anilines is 2. The van der Waals surface area contributed by atoms with Crippen molar-refractivity contribution in [3.63, 3.8) is 0 Å². The number of aryl methyl sites for hydroxylation is 2. The predicted molar refractivity (Wildman–Crippen MR) is 113 cm³/mol. The van der Waals surface area contributed by atoms with E-state index in [9.17, 15) is 9.59 Å². The molecule has 31 heavy (non-hydrogen) atoms. The molecule has 4 heterocycles. The van der Waals surface area contributed by atoms with Crippen LogP contribution >= 0.6 is 0 Å². The van der Waals surface area contributed by atoms with Crippen LogP contribution in [0.5, 0.6) is 0 Å². The van der Waals surface area contributed by atoms with Gasteiger partial charge in [0, 0.05) is 29.3 Å². The number of carbonyl (C=O) groups excluding carboxylic acids is 2. The number of hydrogen-bond acceptors (Lipinski definition) is 6. The molecule has 0 fully saturated rings. The third kappa shape index (κ3) is 3.54. The summed E-state index contributed by atoms with van der Waals surface area (Å²) in [6.45, 7) is 4.41. The summed E-state index contributed by atoms with van der Waals surface area (Å²) in [5.41, 5.74) is 4.82. The molecule has 0 spiro atoms. The van der Waals surface area contributed by atoms with E-state index in [1.165, 1.54) is 12.5 Å². The van der Waals surface area contributed by atoms with Gasteiger partial charge in [0.1, 0.15) is 6.26 Å². The Balaban J connectivity index is 1.29. The molecule has 1 N–H and O–H groups in total. The highest BCUT2D eigenvalue weighted by atomic mass is 16.3. The molecule has 0 bridgehead atoms. The highest BCUT2D eigenvalue weighted by Crippen LogP contribution is 2.31. The largest absolute Gasteiger partial charge is 0.472 e. The Kier molecular flexibility index (Phi) is 4.50. The quantitative estimate of drug-likeness (QED) is 0.548. The molecule has 4 aromatic rings. The maximum Gasteiger partial charge on any atom is 0.261 e. The summed E-state index contributed by atoms with van der Waals surface area (Å²) in [4.78, 5) is 35.6. The van der Waals surface area contributed by atoms with Crippen LogP contribution in [0.4, 0.5) is 11.4 Å². The maximum absolute atomic E-state index is 12.6. The van der Waals surface area contributed by atoms with Crippen LogP contribution in [0, 0.1) is 13.8 Å². The Hall–Kier alpha value is -4.01. The van der Waals surface area contributed by atoms with Crippen molar-refractivity contribution in [3.05, 3.63) is 71.2 Å². The van der Waals surface area contributed by atoms with Gasteiger partial charge in [-0.2, -0.15) is 4.98 Å². The van der Waals surface area contributed by atoms with Gasteiger partial charge in [-0.3, -0.25) is 9.59 Å². The molecule has 0 saturated carbocycles. The fraction of sp³-hybridized carbons (Fsp3) is 0.227. The minimum absolute atomic E-state index is 0.0457. The number of amides is 2. The number of fused-ring (bicyclic) bond motifs is 2. The van der Waals surface area contributed by atoms with Crippen LogP contribution in [0.1, 0.15) is 33.1 Å². The van der Waals surface area contributed by atoms with Crippen molar-refractivity contribution >= 4 is 29.0 Å². The molecule has 1 aliphatic heterocycles. The van der Waals surface area contributed by atoms with Crippen molar-refractivity contribution in [2.45, 2.75) is 26.7 Å². The third-order valence-corrected chi connectivity index (χ3v) is 5.25. The van der Waals surface area contributed by atoms with Crippen molar-refractivity contribution in [2.24, 2.45) is 0 Å². The number of aromatic nitrogens is 4. The number of hydrogen-bond donors (Lipinski definition) is 1. The molecule has 2 amide bonds. The molecule has 0 unspecified atom stereocenters. The smallest absolute Gasteiger partial charge is 0.261 e. The zero-order chi connectivity index (χ0) is 21.5. The molecule has 156 valence electrons. The van der Waals surface area contributed by atoms with E-state index in [1.807, 2.05) is 32.0 Å². The van der Waals surface area contributed by atoms with Gasteiger partial charge >= 0.3 is 0 Å². The molecule has 9 nitrogen and oxygen atoms in total. The molecule has 9 heteroatoms. The van der Waals surface area contributed by atoms with E-state index in [-0.39, 0.29) is 18.2 Å². The van der Waals surface area contributed by atoms with Gasteiger partial charge in [-0.25, -0.2) is 9.50 Å². The van der Waals surface area contributed by atoms with Crippen LogP contribution < -0.4 is 10.2 Å². The Bertz CT molecular complexity index is 1310. The second-order valence-corrected chi connectivity index (χ2v) is 7.57. The molecular formula is C22H20N6O3. The van der Waals surface area contributed by atoms with Crippen LogP contribution in [0.2, 0.25) is 0 Å². The Labute approximate surface area is 177 Å². The fourth-order valence-corrected chi connectivity index (χ4v) is 3.86. The van der Waals surface area contributed by atoms with Crippen molar-refractivity contribution in [2.75, 3.05) is 16.8 Å². The summed E-state index contributed by atoms with van der Waals surface area (Å²) in [5.74, 6) is 0.591. The van der Waals surface area contributed by atoms with Crippen molar-refractivity contribution < 1.29 is 14.0 Å². The minimum atomic E-state index is -0.213. The van der Waals surface area contributed by atoms with Crippen LogP contribution in [0.15, 0.2) is 47.3 Å². The molecule has 0 aliphatic carbocycles. The first-order chi connectivity index (χ1) is 15.0. The number of furan rings is 1. The first-order valence-electron chi connectivity index (χ1n) is 9.95. The van der Waals surface area contributed by atoms with Crippen LogP contribution in [0.25, 0.3) is 5.78 Å². The van der Waals surface area contributed by atoms with Crippen molar-refractivity contribution in [1.29, 1.82) is 0 Å². The second-order valence-electron chi connectivity index (χ2n) is 7.57. The van der Waals surface area contributed by atoms with Crippen molar-refractivity contribution in [3.8, 4) is 0 Å². The van der Waals surface area contributed by atoms with Crippen LogP contribution in [-0.4, -0.2) is 37.9 Å². The Morgan fingerprint density at radius 2 is 2.03 bits per heavy atom. The normalized spacial score (nSPS) is 12.9. The highest BCUT2D eigenvalue weighted by molar-refractivity contribution is 6.07. The summed E-state index contributed by atoms with van der Waals surface area (Å²) < 4.78 is 6.65. The van der Waals surface area contributed by atoms with Gasteiger partial charge in [-0.05, 0) is 56.2 Å². The lowest BCUT2D eigenvalue weighted by atomic mass is 10.1. The zero-order valence-electron chi connectivity index (χ0n) is 17.1. The van der Waals surface area contributed by atoms with Crippen LogP contribution in [-0.2, 0) is 17.6 Å². The Morgan fingerprint density at radius 3 is 2.84 bits per heavy atom. The van der Waals surface area contributed by atoms with E-state index in [1.54, 1.807) is 21.5 Å². The topological polar surface area (TPSA) is 106 Å². The monoisotopic (exact) mass is 416 g/mol. The van der Waals surface area contributed by atoms with E-state index in [0.29, 0.717) is 29.4 Å². The highest BCUT2D eigenvalue weighted by Gasteiger charge is 2.26. The average molecular weight is 416 g/mol. The fourth-order valence-electron chi connectivity index (χ4n) is 3.86. The second kappa shape index (κ2) is 7.35. The molecule has 0 atom stereocenters. The summed E-state index contributed by atoms with van der Waals surface area (Å²) >= 11 is 0. The van der Waals surface area contributed by atoms with Gasteiger partial charge in [-0.1, -0.05) is 0 Å². The minimum Gasteiger partial charge on any atom is -0.472 e. The lowest BCUT2D eigenvalue weighted by molar-refractivity contribution is -0.115. The standard InChI is InChI=1S/C22H20N6O3/c1-13-9-14(2)28-22(23-13)25-19(26-28)11-20(29)24-17-3-4-18-15(10-17)5-7-27(18)21(30)16-6-8-31-12-16/h3-4,6,8-10,12H,5,7,11H2,1-2H3,(H,24,29). The molecule has 3 aromatic heterocycles. The summed E-state index contributed by atoms with van der Waals surface area (Å²) in [6.07, 6.45) is 3.70. The van der Waals surface area contributed by atoms with Gasteiger partial charge in [0.05, 0.1) is 18.2 Å². The lowest BCUT2D eigenvalue weighted by Gasteiger charge is -2.16. The number of nitrogens with one attached hydrogen (secondary N) is 1. The lowest BCUT2D eigenvalue weighted by Crippen LogP contribution is -2.28. The zero-order valence-corrected chi connectivity index (χ0v) is 17.1. The van der Waals surface area contributed by atoms with Gasteiger partial charge in [0.25, 0.3) is 11.7 Å². The predicted octanol–water partition coefficient (Wildman–Crippen LogP) is 2.72. The maximum atomic E-state index is 12.6. The van der Waals surface area contributed by atoms with E-state index in [4.69, 9.17) is 4.42 Å². The molecule has 1 aliphatic rings. The molecule has 0 radical (unpaired) electrons. The molecule has 1 aromatic carbocycles. The number of nitrogens with zero attached hydrogens (tertiary/aromatic N) is 5. The van der Waals surface area contributed by atoms with Crippen LogP contribution in [0.3, 0.4) is 0 Å². The summed E-state index contributed by atoms with van der Waals surface area (Å²) in [5, 5.41) is 7.27. The number of rotatable bonds is 4. The number of carbonyl (C=O) groups is 2. The molecule has 0 saturated heterocycles. The first-order valence-corrected chi connectivity index (χ1v) is 9.95. The molecule has 5 rings (SSSR count). The van der Waals surface area contributed by atoms with Gasteiger partial charge < -0.3 is 14.6 Å². The number of benzene rings is 1. The van der Waals surface area contributed by atoms with Gasteiger partial charge in [0.15, 0.2) is 5.82 Å². The van der Waals surface area contributed by atoms with E-state index >= 15 is 0 Å². The Morgan fingerprint density at radius 1 is 1.16 bits per heavy atom. The molecular weight excluding hydrogens is 396 g/mol. The van der Waals surface area contributed by atoms with Gasteiger partial charge in [0.2, 0.25) is 5.91 Å². The van der Waals surface area contributed by atoms with Gasteiger partial charge in [-0.15, -0.1) is 5.10 Å². The third-order valence-electron chi connectivity index (χ3n) is 5.25. The van der Waals surface area contributed by atoms with E-state index in [0.717, 1.165) is 29.1 Å². The average Bonchev–Trinajstić information content (AvgIpc) is 3.46. The summed E-state index contributed by atoms with van der Waals surface area (Å²) in [6, 6.07) is 9.12. The first kappa shape index (κ1) is 19.0. The van der Waals surface area contributed by atoms with E-state index in [2.05, 4.69) is 20.4 Å².